The van der Waals surface area contributed by atoms with Crippen molar-refractivity contribution in [2.45, 2.75) is 35.8 Å². The highest BCUT2D eigenvalue weighted by Crippen LogP contribution is 2.27. The van der Waals surface area contributed by atoms with Crippen molar-refractivity contribution in [3.63, 3.8) is 0 Å². The van der Waals surface area contributed by atoms with Crippen LogP contribution >= 0.6 is 22.6 Å². The maximum Gasteiger partial charge on any atom is 0.0619 e. The first kappa shape index (κ1) is 17.4. The van der Waals surface area contributed by atoms with Crippen LogP contribution in [0.4, 0.5) is 0 Å². The summed E-state index contributed by atoms with van der Waals surface area (Å²) in [5.41, 5.74) is 0. The van der Waals surface area contributed by atoms with Crippen molar-refractivity contribution in [3.05, 3.63) is 0 Å². The molecule has 0 amide bonds. The number of rotatable bonds is 4. The molecule has 0 aliphatic carbocycles. The highest BCUT2D eigenvalue weighted by atomic mass is 127. The summed E-state index contributed by atoms with van der Waals surface area (Å²) in [6.45, 7) is 10.4. The molecule has 22 heavy (non-hydrogen) atoms. The Balaban J connectivity index is 1.36. The Morgan fingerprint density at radius 1 is 0.773 bits per heavy atom. The summed E-state index contributed by atoms with van der Waals surface area (Å²) >= 11 is 2.60. The van der Waals surface area contributed by atoms with E-state index < -0.39 is 0 Å². The summed E-state index contributed by atoms with van der Waals surface area (Å²) in [6, 6.07) is 0.794. The van der Waals surface area contributed by atoms with Crippen LogP contribution in [-0.2, 0) is 0 Å². The van der Waals surface area contributed by atoms with Crippen LogP contribution in [0.2, 0.25) is 0 Å². The standard InChI is InChI=1S/C17H33IN4/c1-19-7-5-15(6-8-19)13-21-9-11-22(12-10-21)14-16-3-4-17(18)20(16)2/h15-17H,3-14H2,1-2H3/t16-,17+/m1/s1. The van der Waals surface area contributed by atoms with E-state index in [1.807, 2.05) is 0 Å². The number of halogens is 1. The quantitative estimate of drug-likeness (QED) is 0.391. The van der Waals surface area contributed by atoms with E-state index in [-0.39, 0.29) is 0 Å². The van der Waals surface area contributed by atoms with Gasteiger partial charge in [-0.3, -0.25) is 9.80 Å². The van der Waals surface area contributed by atoms with Gasteiger partial charge in [0.15, 0.2) is 0 Å². The summed E-state index contributed by atoms with van der Waals surface area (Å²) < 4.78 is 0.758. The first-order chi connectivity index (χ1) is 10.6. The predicted molar refractivity (Wildman–Crippen MR) is 102 cm³/mol. The van der Waals surface area contributed by atoms with Crippen molar-refractivity contribution in [1.29, 1.82) is 0 Å². The molecule has 0 spiro atoms. The summed E-state index contributed by atoms with van der Waals surface area (Å²) in [6.07, 6.45) is 5.57. The lowest BCUT2D eigenvalue weighted by Gasteiger charge is -2.39. The van der Waals surface area contributed by atoms with Gasteiger partial charge in [-0.1, -0.05) is 22.6 Å². The number of likely N-dealkylation sites (tertiary alicyclic amines) is 2. The molecule has 3 aliphatic rings. The molecule has 3 aliphatic heterocycles. The molecule has 0 radical (unpaired) electrons. The fourth-order valence-electron chi connectivity index (χ4n) is 4.25. The Kier molecular flexibility index (Phi) is 6.40. The lowest BCUT2D eigenvalue weighted by atomic mass is 9.96. The van der Waals surface area contributed by atoms with Gasteiger partial charge in [-0.05, 0) is 58.8 Å². The molecule has 4 nitrogen and oxygen atoms in total. The number of piperidine rings is 1. The maximum atomic E-state index is 2.73. The van der Waals surface area contributed by atoms with Crippen LogP contribution in [0.1, 0.15) is 25.7 Å². The van der Waals surface area contributed by atoms with Gasteiger partial charge in [0.05, 0.1) is 4.05 Å². The Morgan fingerprint density at radius 3 is 1.91 bits per heavy atom. The maximum absolute atomic E-state index is 2.73. The van der Waals surface area contributed by atoms with Gasteiger partial charge in [-0.25, -0.2) is 0 Å². The molecule has 128 valence electrons. The molecule has 3 saturated heterocycles. The summed E-state index contributed by atoms with van der Waals surface area (Å²) in [5, 5.41) is 0. The number of alkyl halides is 1. The Labute approximate surface area is 150 Å². The number of likely N-dealkylation sites (N-methyl/N-ethyl adjacent to an activating group) is 1. The fraction of sp³-hybridized carbons (Fsp3) is 1.00. The monoisotopic (exact) mass is 420 g/mol. The minimum atomic E-state index is 0.758. The summed E-state index contributed by atoms with van der Waals surface area (Å²) in [7, 11) is 4.57. The molecule has 0 unspecified atom stereocenters. The summed E-state index contributed by atoms with van der Waals surface area (Å²) in [5.74, 6) is 0.948. The fourth-order valence-corrected chi connectivity index (χ4v) is 5.06. The third-order valence-electron chi connectivity index (χ3n) is 6.04. The normalized spacial score (nSPS) is 34.5. The zero-order valence-electron chi connectivity index (χ0n) is 14.4. The van der Waals surface area contributed by atoms with Crippen LogP contribution in [0, 0.1) is 5.92 Å². The SMILES string of the molecule is CN1CCC(CN2CCN(C[C@H]3CC[C@@H](I)N3C)CC2)CC1. The van der Waals surface area contributed by atoms with Gasteiger partial charge in [0.2, 0.25) is 0 Å². The molecule has 0 aromatic rings. The highest BCUT2D eigenvalue weighted by molar-refractivity contribution is 14.1. The Bertz CT molecular complexity index is 338. The minimum Gasteiger partial charge on any atom is -0.306 e. The first-order valence-electron chi connectivity index (χ1n) is 9.11. The number of hydrogen-bond acceptors (Lipinski definition) is 4. The molecule has 3 rings (SSSR count). The van der Waals surface area contributed by atoms with Crippen LogP contribution in [0.3, 0.4) is 0 Å². The Hall–Kier alpha value is 0.570. The predicted octanol–water partition coefficient (Wildman–Crippen LogP) is 1.80. The molecule has 0 aromatic carbocycles. The van der Waals surface area contributed by atoms with Gasteiger partial charge in [0.1, 0.15) is 0 Å². The van der Waals surface area contributed by atoms with Gasteiger partial charge in [0, 0.05) is 45.3 Å². The van der Waals surface area contributed by atoms with Crippen LogP contribution in [0.5, 0.6) is 0 Å². The van der Waals surface area contributed by atoms with Crippen molar-refractivity contribution in [1.82, 2.24) is 19.6 Å². The lowest BCUT2D eigenvalue weighted by Crippen LogP contribution is -2.51. The van der Waals surface area contributed by atoms with Crippen LogP contribution in [0.25, 0.3) is 0 Å². The summed E-state index contributed by atoms with van der Waals surface area (Å²) in [4.78, 5) is 10.5. The largest absolute Gasteiger partial charge is 0.306 e. The van der Waals surface area contributed by atoms with Crippen LogP contribution in [0.15, 0.2) is 0 Å². The molecular weight excluding hydrogens is 387 g/mol. The van der Waals surface area contributed by atoms with Crippen LogP contribution < -0.4 is 0 Å². The molecule has 0 saturated carbocycles. The minimum absolute atomic E-state index is 0.758. The molecule has 0 aromatic heterocycles. The zero-order chi connectivity index (χ0) is 15.5. The lowest BCUT2D eigenvalue weighted by molar-refractivity contribution is 0.0861. The van der Waals surface area contributed by atoms with Gasteiger partial charge in [-0.2, -0.15) is 0 Å². The molecule has 3 heterocycles. The van der Waals surface area contributed by atoms with Gasteiger partial charge in [0.25, 0.3) is 0 Å². The van der Waals surface area contributed by atoms with E-state index in [0.29, 0.717) is 0 Å². The highest BCUT2D eigenvalue weighted by Gasteiger charge is 2.31. The van der Waals surface area contributed by atoms with E-state index in [9.17, 15) is 0 Å². The second-order valence-electron chi connectivity index (χ2n) is 7.68. The second kappa shape index (κ2) is 8.10. The van der Waals surface area contributed by atoms with Gasteiger partial charge in [-0.15, -0.1) is 0 Å². The Morgan fingerprint density at radius 2 is 1.36 bits per heavy atom. The smallest absolute Gasteiger partial charge is 0.0619 e. The molecule has 5 heteroatoms. The molecule has 0 bridgehead atoms. The average Bonchev–Trinajstić information content (AvgIpc) is 2.84. The van der Waals surface area contributed by atoms with Gasteiger partial charge >= 0.3 is 0 Å². The average molecular weight is 420 g/mol. The molecule has 0 N–H and O–H groups in total. The van der Waals surface area contributed by atoms with Crippen molar-refractivity contribution in [2.24, 2.45) is 5.92 Å². The van der Waals surface area contributed by atoms with Crippen molar-refractivity contribution in [2.75, 3.05) is 66.5 Å². The van der Waals surface area contributed by atoms with Crippen LogP contribution in [-0.4, -0.2) is 96.1 Å². The molecule has 2 atom stereocenters. The van der Waals surface area contributed by atoms with E-state index in [0.717, 1.165) is 16.0 Å². The van der Waals surface area contributed by atoms with Gasteiger partial charge < -0.3 is 9.80 Å². The number of nitrogens with zero attached hydrogens (tertiary/aromatic N) is 4. The zero-order valence-corrected chi connectivity index (χ0v) is 16.5. The van der Waals surface area contributed by atoms with Crippen molar-refractivity contribution < 1.29 is 0 Å². The third-order valence-corrected chi connectivity index (χ3v) is 7.55. The van der Waals surface area contributed by atoms with E-state index in [1.165, 1.54) is 78.0 Å². The number of piperazine rings is 1. The molecular formula is C17H33IN4. The third kappa shape index (κ3) is 4.56. The second-order valence-corrected chi connectivity index (χ2v) is 9.12. The molecule has 3 fully saturated rings. The topological polar surface area (TPSA) is 13.0 Å². The van der Waals surface area contributed by atoms with E-state index in [4.69, 9.17) is 0 Å². The van der Waals surface area contributed by atoms with E-state index in [1.54, 1.807) is 0 Å². The number of hydrogen-bond donors (Lipinski definition) is 0. The van der Waals surface area contributed by atoms with E-state index in [2.05, 4.69) is 56.3 Å². The van der Waals surface area contributed by atoms with Crippen molar-refractivity contribution in [3.8, 4) is 0 Å². The first-order valence-corrected chi connectivity index (χ1v) is 10.4. The van der Waals surface area contributed by atoms with Crippen molar-refractivity contribution >= 4 is 22.6 Å². The van der Waals surface area contributed by atoms with E-state index >= 15 is 0 Å².